The zero-order valence-corrected chi connectivity index (χ0v) is 17.7. The number of halogens is 2. The second-order valence-electron chi connectivity index (χ2n) is 7.98. The number of ether oxygens (including phenoxy) is 2. The summed E-state index contributed by atoms with van der Waals surface area (Å²) in [6.45, 7) is 0.821. The van der Waals surface area contributed by atoms with Crippen LogP contribution in [0.4, 0.5) is 8.78 Å². The summed E-state index contributed by atoms with van der Waals surface area (Å²) in [5.74, 6) is -0.236. The van der Waals surface area contributed by atoms with Crippen LogP contribution in [0.2, 0.25) is 0 Å². The third kappa shape index (κ3) is 5.30. The maximum Gasteiger partial charge on any atom is 0.137 e. The van der Waals surface area contributed by atoms with Crippen molar-refractivity contribution in [3.8, 4) is 5.75 Å². The Labute approximate surface area is 186 Å². The lowest BCUT2D eigenvalue weighted by Crippen LogP contribution is -2.50. The molecule has 0 spiro atoms. The number of aliphatic hydroxyl groups is 1. The number of nitrogens with zero attached hydrogens (tertiary/aromatic N) is 1. The summed E-state index contributed by atoms with van der Waals surface area (Å²) in [6.07, 6.45) is 2.78. The van der Waals surface area contributed by atoms with Crippen molar-refractivity contribution >= 4 is 0 Å². The van der Waals surface area contributed by atoms with Crippen molar-refractivity contribution in [3.05, 3.63) is 95.3 Å². The lowest BCUT2D eigenvalue weighted by Gasteiger charge is -2.38. The van der Waals surface area contributed by atoms with Crippen LogP contribution < -0.4 is 10.1 Å². The fourth-order valence-electron chi connectivity index (χ4n) is 4.12. The van der Waals surface area contributed by atoms with E-state index in [2.05, 4.69) is 10.3 Å². The first-order chi connectivity index (χ1) is 15.5. The predicted octanol–water partition coefficient (Wildman–Crippen LogP) is 3.81. The predicted molar refractivity (Wildman–Crippen MR) is 116 cm³/mol. The maximum atomic E-state index is 13.5. The van der Waals surface area contributed by atoms with E-state index in [1.165, 1.54) is 24.3 Å². The lowest BCUT2D eigenvalue weighted by molar-refractivity contribution is -0.0718. The molecule has 3 atom stereocenters. The summed E-state index contributed by atoms with van der Waals surface area (Å²) in [6, 6.07) is 14.1. The fraction of sp³-hybridized carbons (Fsp3) is 0.320. The molecule has 0 saturated carbocycles. The van der Waals surface area contributed by atoms with Gasteiger partial charge in [0.15, 0.2) is 0 Å². The van der Waals surface area contributed by atoms with E-state index < -0.39 is 6.10 Å². The average molecular weight is 440 g/mol. The molecule has 0 bridgehead atoms. The van der Waals surface area contributed by atoms with Gasteiger partial charge in [-0.25, -0.2) is 8.78 Å². The molecule has 4 rings (SSSR count). The number of aliphatic hydroxyl groups excluding tert-OH is 1. The highest BCUT2D eigenvalue weighted by molar-refractivity contribution is 5.34. The number of nitrogens with one attached hydrogen (secondary N) is 1. The highest BCUT2D eigenvalue weighted by atomic mass is 19.1. The zero-order chi connectivity index (χ0) is 22.5. The van der Waals surface area contributed by atoms with Gasteiger partial charge in [0.2, 0.25) is 0 Å². The van der Waals surface area contributed by atoms with Crippen LogP contribution in [-0.2, 0) is 11.3 Å². The Morgan fingerprint density at radius 1 is 1.06 bits per heavy atom. The molecule has 32 heavy (non-hydrogen) atoms. The van der Waals surface area contributed by atoms with Gasteiger partial charge in [0.25, 0.3) is 0 Å². The molecule has 0 amide bonds. The van der Waals surface area contributed by atoms with E-state index in [-0.39, 0.29) is 29.7 Å². The third-order valence-electron chi connectivity index (χ3n) is 5.83. The van der Waals surface area contributed by atoms with Crippen LogP contribution in [0.5, 0.6) is 5.75 Å². The number of rotatable bonds is 7. The SMILES string of the molecule is COc1cncc(CNC2COC(C(c3ccc(F)cc3)c3ccc(F)cc3)CC2O)c1. The van der Waals surface area contributed by atoms with Gasteiger partial charge in [-0.3, -0.25) is 4.98 Å². The van der Waals surface area contributed by atoms with Crippen LogP contribution in [0.25, 0.3) is 0 Å². The van der Waals surface area contributed by atoms with Crippen LogP contribution in [0.15, 0.2) is 67.0 Å². The molecule has 1 aromatic heterocycles. The minimum Gasteiger partial charge on any atom is -0.495 e. The van der Waals surface area contributed by atoms with Crippen molar-refractivity contribution in [2.45, 2.75) is 37.1 Å². The van der Waals surface area contributed by atoms with E-state index >= 15 is 0 Å². The van der Waals surface area contributed by atoms with Gasteiger partial charge in [-0.05, 0) is 47.0 Å². The second-order valence-corrected chi connectivity index (χ2v) is 7.98. The van der Waals surface area contributed by atoms with Gasteiger partial charge < -0.3 is 19.9 Å². The van der Waals surface area contributed by atoms with Crippen molar-refractivity contribution in [1.29, 1.82) is 0 Å². The molecule has 2 aromatic carbocycles. The van der Waals surface area contributed by atoms with Crippen LogP contribution in [0, 0.1) is 11.6 Å². The Balaban J connectivity index is 1.47. The van der Waals surface area contributed by atoms with Crippen molar-refractivity contribution in [3.63, 3.8) is 0 Å². The summed E-state index contributed by atoms with van der Waals surface area (Å²) in [5, 5.41) is 14.2. The molecular formula is C25H26F2N2O3. The number of hydrogen-bond acceptors (Lipinski definition) is 5. The normalized spacial score (nSPS) is 21.0. The molecule has 5 nitrogen and oxygen atoms in total. The molecule has 3 unspecified atom stereocenters. The average Bonchev–Trinajstić information content (AvgIpc) is 2.81. The third-order valence-corrected chi connectivity index (χ3v) is 5.83. The quantitative estimate of drug-likeness (QED) is 0.585. The summed E-state index contributed by atoms with van der Waals surface area (Å²) in [4.78, 5) is 4.14. The van der Waals surface area contributed by atoms with E-state index in [0.717, 1.165) is 16.7 Å². The first-order valence-electron chi connectivity index (χ1n) is 10.6. The van der Waals surface area contributed by atoms with Gasteiger partial charge in [0.1, 0.15) is 17.4 Å². The van der Waals surface area contributed by atoms with Gasteiger partial charge in [-0.15, -0.1) is 0 Å². The largest absolute Gasteiger partial charge is 0.495 e. The Kier molecular flexibility index (Phi) is 7.09. The highest BCUT2D eigenvalue weighted by Crippen LogP contribution is 2.35. The molecule has 1 fully saturated rings. The molecule has 3 aromatic rings. The van der Waals surface area contributed by atoms with Crippen molar-refractivity contribution in [2.75, 3.05) is 13.7 Å². The van der Waals surface area contributed by atoms with Crippen LogP contribution in [-0.4, -0.2) is 42.1 Å². The fourth-order valence-corrected chi connectivity index (χ4v) is 4.12. The lowest BCUT2D eigenvalue weighted by atomic mass is 9.82. The molecule has 1 aliphatic rings. The molecule has 7 heteroatoms. The Morgan fingerprint density at radius 3 is 2.25 bits per heavy atom. The Hall–Kier alpha value is -2.87. The van der Waals surface area contributed by atoms with Gasteiger partial charge >= 0.3 is 0 Å². The number of aromatic nitrogens is 1. The number of pyridine rings is 1. The Bertz CT molecular complexity index is 969. The summed E-state index contributed by atoms with van der Waals surface area (Å²) in [5.41, 5.74) is 2.64. The minimum absolute atomic E-state index is 0.250. The van der Waals surface area contributed by atoms with E-state index in [1.54, 1.807) is 43.8 Å². The molecule has 0 aliphatic carbocycles. The first-order valence-corrected chi connectivity index (χ1v) is 10.6. The zero-order valence-electron chi connectivity index (χ0n) is 17.7. The molecule has 1 saturated heterocycles. The Morgan fingerprint density at radius 2 is 1.69 bits per heavy atom. The topological polar surface area (TPSA) is 63.6 Å². The van der Waals surface area contributed by atoms with Gasteiger partial charge in [-0.2, -0.15) is 0 Å². The van der Waals surface area contributed by atoms with Gasteiger partial charge in [0, 0.05) is 25.1 Å². The summed E-state index contributed by atoms with van der Waals surface area (Å²) < 4.78 is 38.4. The number of hydrogen-bond donors (Lipinski definition) is 2. The molecule has 2 N–H and O–H groups in total. The van der Waals surface area contributed by atoms with Crippen molar-refractivity contribution in [2.24, 2.45) is 0 Å². The maximum absolute atomic E-state index is 13.5. The molecule has 1 aliphatic heterocycles. The van der Waals surface area contributed by atoms with Crippen molar-refractivity contribution in [1.82, 2.24) is 10.3 Å². The van der Waals surface area contributed by atoms with Crippen molar-refractivity contribution < 1.29 is 23.4 Å². The molecule has 0 radical (unpaired) electrons. The standard InChI is InChI=1S/C25H26F2N2O3/c1-31-21-10-16(12-28-14-21)13-29-22-15-32-24(11-23(22)30)25(17-2-6-19(26)7-3-17)18-4-8-20(27)9-5-18/h2-10,12,14,22-25,29-30H,11,13,15H2,1H3. The van der Waals surface area contributed by atoms with E-state index in [9.17, 15) is 13.9 Å². The molecule has 168 valence electrons. The van der Waals surface area contributed by atoms with E-state index in [4.69, 9.17) is 9.47 Å². The number of benzene rings is 2. The minimum atomic E-state index is -0.643. The van der Waals surface area contributed by atoms with Crippen LogP contribution in [0.1, 0.15) is 29.0 Å². The molecular weight excluding hydrogens is 414 g/mol. The number of methoxy groups -OCH3 is 1. The van der Waals surface area contributed by atoms with Gasteiger partial charge in [0.05, 0.1) is 38.2 Å². The molecule has 2 heterocycles. The second kappa shape index (κ2) is 10.2. The van der Waals surface area contributed by atoms with Crippen LogP contribution in [0.3, 0.4) is 0 Å². The monoisotopic (exact) mass is 440 g/mol. The van der Waals surface area contributed by atoms with E-state index in [0.29, 0.717) is 25.3 Å². The van der Waals surface area contributed by atoms with Crippen LogP contribution >= 0.6 is 0 Å². The first kappa shape index (κ1) is 22.3. The summed E-state index contributed by atoms with van der Waals surface area (Å²) in [7, 11) is 1.59. The highest BCUT2D eigenvalue weighted by Gasteiger charge is 2.35. The smallest absolute Gasteiger partial charge is 0.137 e. The van der Waals surface area contributed by atoms with Gasteiger partial charge in [-0.1, -0.05) is 24.3 Å². The summed E-state index contributed by atoms with van der Waals surface area (Å²) >= 11 is 0. The van der Waals surface area contributed by atoms with E-state index in [1.807, 2.05) is 6.07 Å².